The van der Waals surface area contributed by atoms with Gasteiger partial charge in [-0.1, -0.05) is 253 Å². The van der Waals surface area contributed by atoms with Crippen LogP contribution in [0.15, 0.2) is 24.3 Å². The lowest BCUT2D eigenvalue weighted by Gasteiger charge is -2.21. The molecule has 3 N–H and O–H groups in total. The van der Waals surface area contributed by atoms with Crippen LogP contribution in [0.3, 0.4) is 0 Å². The second kappa shape index (κ2) is 57.7. The molecule has 0 aromatic rings. The fourth-order valence-corrected chi connectivity index (χ4v) is 11.0. The third-order valence-electron chi connectivity index (χ3n) is 15.1. The smallest absolute Gasteiger partial charge is 0.462 e. The SMILES string of the molecule is CCCCCC/C=C\C=C/CCCCCCCC(=O)O[C@H](COC(=O)CCCCCCCCC(C)CC)COP(=O)(O)OCC(O)COP(=O)(O)OC[C@@H](COC(=O)CCCCCCCCCC(C)C)OC(=O)CCCCCCCCCCC(C)C. The Bertz CT molecular complexity index is 1790. The molecule has 86 heavy (non-hydrogen) atoms. The Kier molecular flexibility index (Phi) is 56.0. The van der Waals surface area contributed by atoms with Crippen LogP contribution in [0.25, 0.3) is 0 Å². The zero-order valence-electron chi connectivity index (χ0n) is 55.3. The topological polar surface area (TPSA) is 237 Å². The van der Waals surface area contributed by atoms with Crippen molar-refractivity contribution in [3.63, 3.8) is 0 Å². The molecule has 506 valence electrons. The molecule has 19 heteroatoms. The molecule has 0 aliphatic carbocycles. The molecule has 0 aliphatic heterocycles. The second-order valence-electron chi connectivity index (χ2n) is 24.7. The van der Waals surface area contributed by atoms with Crippen molar-refractivity contribution in [3.05, 3.63) is 24.3 Å². The molecular weight excluding hydrogens is 1140 g/mol. The van der Waals surface area contributed by atoms with Gasteiger partial charge in [-0.3, -0.25) is 37.3 Å². The van der Waals surface area contributed by atoms with Gasteiger partial charge in [0.25, 0.3) is 0 Å². The molecule has 0 aliphatic rings. The summed E-state index contributed by atoms with van der Waals surface area (Å²) in [6.07, 6.45) is 42.7. The first-order valence-corrected chi connectivity index (χ1v) is 37.2. The Labute approximate surface area is 522 Å². The highest BCUT2D eigenvalue weighted by atomic mass is 31.2. The largest absolute Gasteiger partial charge is 0.472 e. The van der Waals surface area contributed by atoms with Crippen LogP contribution in [0.4, 0.5) is 0 Å². The van der Waals surface area contributed by atoms with Crippen LogP contribution in [0, 0.1) is 17.8 Å². The number of allylic oxidation sites excluding steroid dienone is 4. The molecule has 0 saturated carbocycles. The number of hydrogen-bond donors (Lipinski definition) is 3. The molecular formula is C67H126O17P2. The molecule has 0 radical (unpaired) electrons. The van der Waals surface area contributed by atoms with Crippen LogP contribution in [0.1, 0.15) is 305 Å². The van der Waals surface area contributed by atoms with Crippen molar-refractivity contribution in [2.75, 3.05) is 39.6 Å². The summed E-state index contributed by atoms with van der Waals surface area (Å²) < 4.78 is 68.0. The summed E-state index contributed by atoms with van der Waals surface area (Å²) in [4.78, 5) is 72.3. The molecule has 0 saturated heterocycles. The minimum atomic E-state index is -4.96. The van der Waals surface area contributed by atoms with E-state index >= 15 is 0 Å². The predicted molar refractivity (Wildman–Crippen MR) is 344 cm³/mol. The fraction of sp³-hybridized carbons (Fsp3) is 0.881. The van der Waals surface area contributed by atoms with Crippen LogP contribution in [0.5, 0.6) is 0 Å². The molecule has 0 fully saturated rings. The first-order chi connectivity index (χ1) is 41.3. The van der Waals surface area contributed by atoms with Gasteiger partial charge in [-0.25, -0.2) is 9.13 Å². The van der Waals surface area contributed by atoms with Gasteiger partial charge in [0.05, 0.1) is 26.4 Å². The van der Waals surface area contributed by atoms with Gasteiger partial charge in [0.2, 0.25) is 0 Å². The number of hydrogen-bond acceptors (Lipinski definition) is 15. The molecule has 0 bridgehead atoms. The zero-order valence-corrected chi connectivity index (χ0v) is 57.0. The summed E-state index contributed by atoms with van der Waals surface area (Å²) in [5.74, 6) is -0.0182. The average Bonchev–Trinajstić information content (AvgIpc) is 3.68. The Morgan fingerprint density at radius 2 is 0.686 bits per heavy atom. The van der Waals surface area contributed by atoms with Crippen LogP contribution in [-0.4, -0.2) is 96.7 Å². The lowest BCUT2D eigenvalue weighted by Crippen LogP contribution is -2.30. The molecule has 4 unspecified atom stereocenters. The number of esters is 4. The van der Waals surface area contributed by atoms with E-state index in [1.54, 1.807) is 0 Å². The summed E-state index contributed by atoms with van der Waals surface area (Å²) in [7, 11) is -9.91. The molecule has 0 amide bonds. The van der Waals surface area contributed by atoms with Gasteiger partial charge in [0.15, 0.2) is 12.2 Å². The number of rotatable bonds is 63. The molecule has 0 aromatic heterocycles. The minimum absolute atomic E-state index is 0.0834. The normalized spacial score (nSPS) is 14.8. The van der Waals surface area contributed by atoms with Crippen molar-refractivity contribution in [3.8, 4) is 0 Å². The van der Waals surface area contributed by atoms with Gasteiger partial charge in [-0.05, 0) is 69.1 Å². The Morgan fingerprint density at radius 1 is 0.384 bits per heavy atom. The van der Waals surface area contributed by atoms with E-state index in [4.69, 9.17) is 37.0 Å². The van der Waals surface area contributed by atoms with Gasteiger partial charge in [0.1, 0.15) is 19.3 Å². The fourth-order valence-electron chi connectivity index (χ4n) is 9.44. The van der Waals surface area contributed by atoms with Crippen LogP contribution < -0.4 is 0 Å². The maximum Gasteiger partial charge on any atom is 0.472 e. The number of aliphatic hydroxyl groups is 1. The Morgan fingerprint density at radius 3 is 1.03 bits per heavy atom. The number of ether oxygens (including phenoxy) is 4. The van der Waals surface area contributed by atoms with Crippen molar-refractivity contribution in [1.82, 2.24) is 0 Å². The summed E-state index contributed by atoms with van der Waals surface area (Å²) in [6, 6.07) is 0. The summed E-state index contributed by atoms with van der Waals surface area (Å²) in [5.41, 5.74) is 0. The van der Waals surface area contributed by atoms with E-state index in [9.17, 15) is 43.2 Å². The molecule has 0 aromatic carbocycles. The number of carbonyl (C=O) groups is 4. The van der Waals surface area contributed by atoms with Crippen molar-refractivity contribution < 1.29 is 80.2 Å². The van der Waals surface area contributed by atoms with Crippen LogP contribution in [0.2, 0.25) is 0 Å². The number of aliphatic hydroxyl groups excluding tert-OH is 1. The monoisotopic (exact) mass is 1260 g/mol. The van der Waals surface area contributed by atoms with Crippen molar-refractivity contribution in [1.29, 1.82) is 0 Å². The number of phosphoric acid groups is 2. The van der Waals surface area contributed by atoms with Crippen LogP contribution in [-0.2, 0) is 65.4 Å². The molecule has 0 spiro atoms. The third-order valence-corrected chi connectivity index (χ3v) is 17.0. The maximum atomic E-state index is 13.0. The molecule has 0 rings (SSSR count). The Balaban J connectivity index is 5.29. The van der Waals surface area contributed by atoms with E-state index in [-0.39, 0.29) is 25.7 Å². The van der Waals surface area contributed by atoms with E-state index in [1.165, 1.54) is 89.9 Å². The van der Waals surface area contributed by atoms with E-state index in [0.29, 0.717) is 37.5 Å². The first-order valence-electron chi connectivity index (χ1n) is 34.2. The summed E-state index contributed by atoms with van der Waals surface area (Å²) in [5, 5.41) is 10.6. The van der Waals surface area contributed by atoms with Crippen LogP contribution >= 0.6 is 15.6 Å². The van der Waals surface area contributed by atoms with E-state index in [0.717, 1.165) is 121 Å². The summed E-state index contributed by atoms with van der Waals surface area (Å²) in [6.45, 7) is 11.6. The van der Waals surface area contributed by atoms with Gasteiger partial charge in [-0.2, -0.15) is 0 Å². The summed E-state index contributed by atoms with van der Waals surface area (Å²) >= 11 is 0. The molecule has 17 nitrogen and oxygen atoms in total. The van der Waals surface area contributed by atoms with E-state index in [1.807, 2.05) is 0 Å². The van der Waals surface area contributed by atoms with Crippen molar-refractivity contribution in [2.45, 2.75) is 324 Å². The zero-order chi connectivity index (χ0) is 63.8. The third kappa shape index (κ3) is 59.2. The first kappa shape index (κ1) is 83.5. The minimum Gasteiger partial charge on any atom is -0.462 e. The standard InChI is InChI=1S/C67H126O17P2/c1-8-10-11-12-13-14-15-16-17-18-19-20-26-36-43-50-66(71)83-63(55-78-65(70)49-42-35-30-29-33-40-47-60(7)9-2)57-82-86(75,76)80-53-61(68)52-79-85(73,74)81-56-62(54-77-64(69)48-41-34-28-23-25-32-39-46-59(5)6)84-67(72)51-44-37-27-22-21-24-31-38-45-58(3)4/h14-17,58-63,68H,8-13,18-57H2,1-7H3,(H,73,74)(H,75,76)/b15-14-,17-16-/t60?,61?,62-,63-/m1/s1. The maximum absolute atomic E-state index is 13.0. The lowest BCUT2D eigenvalue weighted by molar-refractivity contribution is -0.161. The van der Waals surface area contributed by atoms with Gasteiger partial charge >= 0.3 is 39.5 Å². The molecule has 0 heterocycles. The number of carbonyl (C=O) groups excluding carboxylic acids is 4. The van der Waals surface area contributed by atoms with E-state index < -0.39 is 97.5 Å². The highest BCUT2D eigenvalue weighted by molar-refractivity contribution is 7.47. The number of unbranched alkanes of at least 4 members (excludes halogenated alkanes) is 27. The van der Waals surface area contributed by atoms with Gasteiger partial charge in [-0.15, -0.1) is 0 Å². The lowest BCUT2D eigenvalue weighted by atomic mass is 10.00. The van der Waals surface area contributed by atoms with Crippen molar-refractivity contribution in [2.24, 2.45) is 17.8 Å². The molecule has 6 atom stereocenters. The quantitative estimate of drug-likeness (QED) is 0.0169. The predicted octanol–water partition coefficient (Wildman–Crippen LogP) is 18.2. The highest BCUT2D eigenvalue weighted by Crippen LogP contribution is 2.45. The second-order valence-corrected chi connectivity index (χ2v) is 27.6. The highest BCUT2D eigenvalue weighted by Gasteiger charge is 2.30. The van der Waals surface area contributed by atoms with Gasteiger partial charge in [0, 0.05) is 25.7 Å². The average molecular weight is 1270 g/mol. The Hall–Kier alpha value is -2.46. The van der Waals surface area contributed by atoms with Crippen molar-refractivity contribution >= 4 is 39.5 Å². The van der Waals surface area contributed by atoms with E-state index in [2.05, 4.69) is 72.8 Å². The number of phosphoric ester groups is 2. The van der Waals surface area contributed by atoms with Gasteiger partial charge < -0.3 is 33.8 Å².